The van der Waals surface area contributed by atoms with Gasteiger partial charge in [-0.15, -0.1) is 0 Å². The fourth-order valence-electron chi connectivity index (χ4n) is 3.22. The highest BCUT2D eigenvalue weighted by molar-refractivity contribution is 6.30. The van der Waals surface area contributed by atoms with Crippen LogP contribution >= 0.6 is 11.6 Å². The average Bonchev–Trinajstić information content (AvgIpc) is 3.20. The lowest BCUT2D eigenvalue weighted by molar-refractivity contribution is -0.138. The van der Waals surface area contributed by atoms with E-state index in [4.69, 9.17) is 20.8 Å². The van der Waals surface area contributed by atoms with Gasteiger partial charge in [-0.05, 0) is 36.4 Å². The van der Waals surface area contributed by atoms with Crippen LogP contribution in [-0.4, -0.2) is 54.0 Å². The van der Waals surface area contributed by atoms with Crippen LogP contribution in [0, 0.1) is 5.92 Å². The van der Waals surface area contributed by atoms with Gasteiger partial charge in [0.25, 0.3) is 5.91 Å². The number of carbonyl (C=O) groups excluding carboxylic acids is 2. The van der Waals surface area contributed by atoms with Gasteiger partial charge in [-0.25, -0.2) is 0 Å². The third kappa shape index (κ3) is 5.14. The molecule has 28 heavy (non-hydrogen) atoms. The van der Waals surface area contributed by atoms with E-state index in [9.17, 15) is 9.59 Å². The number of morpholine rings is 1. The monoisotopic (exact) mass is 404 g/mol. The second kappa shape index (κ2) is 9.26. The van der Waals surface area contributed by atoms with Gasteiger partial charge in [-0.2, -0.15) is 0 Å². The second-order valence-corrected chi connectivity index (χ2v) is 7.64. The maximum Gasteiger partial charge on any atom is 0.254 e. The Labute approximate surface area is 170 Å². The maximum absolute atomic E-state index is 12.8. The van der Waals surface area contributed by atoms with Crippen molar-refractivity contribution >= 4 is 23.4 Å². The summed E-state index contributed by atoms with van der Waals surface area (Å²) in [5.74, 6) is 0.558. The minimum absolute atomic E-state index is 0.0288. The topological polar surface area (TPSA) is 63.0 Å². The molecule has 0 aliphatic carbocycles. The van der Waals surface area contributed by atoms with Gasteiger partial charge in [0.15, 0.2) is 0 Å². The van der Waals surface area contributed by atoms with Crippen molar-refractivity contribution in [3.63, 3.8) is 0 Å². The van der Waals surface area contributed by atoms with Crippen molar-refractivity contribution < 1.29 is 18.7 Å². The fourth-order valence-corrected chi connectivity index (χ4v) is 3.35. The molecule has 1 aliphatic heterocycles. The molecule has 0 radical (unpaired) electrons. The van der Waals surface area contributed by atoms with Gasteiger partial charge in [0.2, 0.25) is 5.91 Å². The number of amides is 2. The smallest absolute Gasteiger partial charge is 0.254 e. The Morgan fingerprint density at radius 1 is 1.25 bits per heavy atom. The van der Waals surface area contributed by atoms with E-state index in [-0.39, 0.29) is 23.8 Å². The molecule has 0 spiro atoms. The lowest BCUT2D eigenvalue weighted by Gasteiger charge is -2.36. The lowest BCUT2D eigenvalue weighted by Crippen LogP contribution is -2.50. The molecule has 1 aromatic carbocycles. The summed E-state index contributed by atoms with van der Waals surface area (Å²) in [6, 6.07) is 10.5. The minimum Gasteiger partial charge on any atom is -0.467 e. The van der Waals surface area contributed by atoms with Gasteiger partial charge < -0.3 is 19.0 Å². The SMILES string of the molecule is CC(C)C(=O)N(Cc1ccco1)CC1CN(C(=O)c2ccc(Cl)cc2)CCO1. The number of benzene rings is 1. The molecule has 2 amide bonds. The number of hydrogen-bond acceptors (Lipinski definition) is 4. The van der Waals surface area contributed by atoms with Crippen LogP contribution in [0.25, 0.3) is 0 Å². The Kier molecular flexibility index (Phi) is 6.75. The molecule has 2 heterocycles. The van der Waals surface area contributed by atoms with Crippen LogP contribution in [0.15, 0.2) is 47.1 Å². The summed E-state index contributed by atoms with van der Waals surface area (Å²) in [7, 11) is 0. The van der Waals surface area contributed by atoms with E-state index in [1.54, 1.807) is 46.4 Å². The summed E-state index contributed by atoms with van der Waals surface area (Å²) in [5.41, 5.74) is 0.593. The second-order valence-electron chi connectivity index (χ2n) is 7.20. The molecule has 1 saturated heterocycles. The molecule has 7 heteroatoms. The van der Waals surface area contributed by atoms with Gasteiger partial charge in [-0.1, -0.05) is 25.4 Å². The molecule has 0 N–H and O–H groups in total. The maximum atomic E-state index is 12.8. The van der Waals surface area contributed by atoms with Crippen molar-refractivity contribution in [3.05, 3.63) is 59.0 Å². The Morgan fingerprint density at radius 3 is 2.64 bits per heavy atom. The van der Waals surface area contributed by atoms with E-state index in [0.29, 0.717) is 43.4 Å². The van der Waals surface area contributed by atoms with E-state index < -0.39 is 0 Å². The number of ether oxygens (including phenoxy) is 1. The fraction of sp³-hybridized carbons (Fsp3) is 0.429. The summed E-state index contributed by atoms with van der Waals surface area (Å²) >= 11 is 5.91. The van der Waals surface area contributed by atoms with Crippen molar-refractivity contribution in [3.8, 4) is 0 Å². The summed E-state index contributed by atoms with van der Waals surface area (Å²) < 4.78 is 11.3. The third-order valence-electron chi connectivity index (χ3n) is 4.67. The highest BCUT2D eigenvalue weighted by Crippen LogP contribution is 2.17. The number of nitrogens with zero attached hydrogens (tertiary/aromatic N) is 2. The molecular weight excluding hydrogens is 380 g/mol. The zero-order chi connectivity index (χ0) is 20.1. The molecule has 0 saturated carbocycles. The van der Waals surface area contributed by atoms with Crippen molar-refractivity contribution in [2.75, 3.05) is 26.2 Å². The largest absolute Gasteiger partial charge is 0.467 e. The highest BCUT2D eigenvalue weighted by atomic mass is 35.5. The first-order valence-electron chi connectivity index (χ1n) is 9.41. The zero-order valence-electron chi connectivity index (χ0n) is 16.1. The van der Waals surface area contributed by atoms with Crippen molar-refractivity contribution in [2.24, 2.45) is 5.92 Å². The van der Waals surface area contributed by atoms with Gasteiger partial charge in [0.1, 0.15) is 5.76 Å². The number of carbonyl (C=O) groups is 2. The first-order valence-corrected chi connectivity index (χ1v) is 9.79. The van der Waals surface area contributed by atoms with Crippen LogP contribution in [-0.2, 0) is 16.1 Å². The van der Waals surface area contributed by atoms with Crippen molar-refractivity contribution in [1.29, 1.82) is 0 Å². The summed E-state index contributed by atoms with van der Waals surface area (Å²) in [6.07, 6.45) is 1.35. The Bertz CT molecular complexity index is 789. The zero-order valence-corrected chi connectivity index (χ0v) is 16.9. The lowest BCUT2D eigenvalue weighted by atomic mass is 10.1. The quantitative estimate of drug-likeness (QED) is 0.739. The molecule has 6 nitrogen and oxygen atoms in total. The number of rotatable bonds is 6. The van der Waals surface area contributed by atoms with E-state index in [2.05, 4.69) is 0 Å². The molecular formula is C21H25ClN2O4. The Hall–Kier alpha value is -2.31. The molecule has 3 rings (SSSR count). The van der Waals surface area contributed by atoms with Gasteiger partial charge >= 0.3 is 0 Å². The first-order chi connectivity index (χ1) is 13.4. The van der Waals surface area contributed by atoms with E-state index >= 15 is 0 Å². The molecule has 1 fully saturated rings. The Balaban J connectivity index is 1.66. The predicted octanol–water partition coefficient (Wildman–Crippen LogP) is 3.46. The van der Waals surface area contributed by atoms with Gasteiger partial charge in [0.05, 0.1) is 25.5 Å². The van der Waals surface area contributed by atoms with Crippen LogP contribution in [0.2, 0.25) is 5.02 Å². The molecule has 1 atom stereocenters. The third-order valence-corrected chi connectivity index (χ3v) is 4.93. The summed E-state index contributed by atoms with van der Waals surface area (Å²) in [6.45, 7) is 5.92. The molecule has 0 bridgehead atoms. The number of halogens is 1. The van der Waals surface area contributed by atoms with E-state index in [1.807, 2.05) is 19.9 Å². The Morgan fingerprint density at radius 2 is 2.00 bits per heavy atom. The number of furan rings is 1. The molecule has 1 unspecified atom stereocenters. The van der Waals surface area contributed by atoms with Gasteiger partial charge in [0, 0.05) is 36.1 Å². The molecule has 2 aromatic rings. The number of hydrogen-bond donors (Lipinski definition) is 0. The van der Waals surface area contributed by atoms with Crippen LogP contribution in [0.5, 0.6) is 0 Å². The summed E-state index contributed by atoms with van der Waals surface area (Å²) in [5, 5.41) is 0.595. The van der Waals surface area contributed by atoms with Crippen LogP contribution in [0.1, 0.15) is 30.0 Å². The van der Waals surface area contributed by atoms with Crippen molar-refractivity contribution in [1.82, 2.24) is 9.80 Å². The highest BCUT2D eigenvalue weighted by Gasteiger charge is 2.29. The van der Waals surface area contributed by atoms with E-state index in [0.717, 1.165) is 5.76 Å². The minimum atomic E-state index is -0.248. The molecule has 150 valence electrons. The average molecular weight is 405 g/mol. The van der Waals surface area contributed by atoms with Crippen LogP contribution in [0.3, 0.4) is 0 Å². The summed E-state index contributed by atoms with van der Waals surface area (Å²) in [4.78, 5) is 28.9. The first kappa shape index (κ1) is 20.4. The van der Waals surface area contributed by atoms with Crippen LogP contribution in [0.4, 0.5) is 0 Å². The van der Waals surface area contributed by atoms with Crippen molar-refractivity contribution in [2.45, 2.75) is 26.5 Å². The van der Waals surface area contributed by atoms with E-state index in [1.165, 1.54) is 0 Å². The van der Waals surface area contributed by atoms with Gasteiger partial charge in [-0.3, -0.25) is 9.59 Å². The van der Waals surface area contributed by atoms with Crippen LogP contribution < -0.4 is 0 Å². The standard InChI is InChI=1S/C21H25ClN2O4/c1-15(2)20(25)24(12-18-4-3-10-27-18)14-19-13-23(9-11-28-19)21(26)16-5-7-17(22)8-6-16/h3-8,10,15,19H,9,11-14H2,1-2H3. The predicted molar refractivity (Wildman–Crippen MR) is 106 cm³/mol. The molecule has 1 aliphatic rings. The molecule has 1 aromatic heterocycles. The normalized spacial score (nSPS) is 17.0.